The van der Waals surface area contributed by atoms with E-state index in [2.05, 4.69) is 41.3 Å². The molecular formula is C50H28N4O5. The number of nitrogens with zero attached hydrogens (tertiary/aromatic N) is 4. The van der Waals surface area contributed by atoms with Gasteiger partial charge in [0.2, 0.25) is 11.8 Å². The molecule has 0 N–H and O–H groups in total. The van der Waals surface area contributed by atoms with Gasteiger partial charge in [0, 0.05) is 74.1 Å². The highest BCUT2D eigenvalue weighted by atomic mass is 16.4. The Bertz CT molecular complexity index is 3480. The minimum atomic E-state index is 0.523. The van der Waals surface area contributed by atoms with E-state index in [1.807, 2.05) is 138 Å². The third-order valence-corrected chi connectivity index (χ3v) is 11.2. The number of hydrogen-bond acceptors (Lipinski definition) is 9. The summed E-state index contributed by atoms with van der Waals surface area (Å²) in [6, 6.07) is 56.5. The third kappa shape index (κ3) is 4.91. The molecule has 59 heavy (non-hydrogen) atoms. The van der Waals surface area contributed by atoms with Crippen LogP contribution >= 0.6 is 0 Å². The maximum atomic E-state index is 6.66. The molecule has 0 aliphatic rings. The summed E-state index contributed by atoms with van der Waals surface area (Å²) in [6.45, 7) is 0. The van der Waals surface area contributed by atoms with Gasteiger partial charge in [-0.1, -0.05) is 72.8 Å². The van der Waals surface area contributed by atoms with E-state index < -0.39 is 0 Å². The first-order chi connectivity index (χ1) is 29.2. The Morgan fingerprint density at radius 3 is 1.32 bits per heavy atom. The molecule has 278 valence electrons. The van der Waals surface area contributed by atoms with Crippen LogP contribution < -0.4 is 9.80 Å². The molecule has 0 amide bonds. The molecule has 0 bridgehead atoms. The number of anilines is 6. The summed E-state index contributed by atoms with van der Waals surface area (Å²) in [5, 5.41) is 16.6. The molecule has 0 aliphatic carbocycles. The van der Waals surface area contributed by atoms with Crippen molar-refractivity contribution >= 4 is 123 Å². The van der Waals surface area contributed by atoms with Crippen molar-refractivity contribution in [3.63, 3.8) is 0 Å². The van der Waals surface area contributed by atoms with Crippen LogP contribution in [-0.2, 0) is 0 Å². The van der Waals surface area contributed by atoms with Crippen molar-refractivity contribution in [1.29, 1.82) is 0 Å². The zero-order chi connectivity index (χ0) is 38.6. The maximum absolute atomic E-state index is 6.66. The second kappa shape index (κ2) is 12.1. The smallest absolute Gasteiger partial charge is 0.207 e. The lowest BCUT2D eigenvalue weighted by atomic mass is 10.1. The number of aromatic nitrogens is 2. The molecule has 9 heteroatoms. The van der Waals surface area contributed by atoms with Crippen molar-refractivity contribution in [2.24, 2.45) is 0 Å². The number of fused-ring (bicyclic) bond motifs is 11. The fourth-order valence-corrected chi connectivity index (χ4v) is 8.43. The Balaban J connectivity index is 0.959. The summed E-state index contributed by atoms with van der Waals surface area (Å²) >= 11 is 0. The molecule has 6 aromatic heterocycles. The average molecular weight is 765 g/mol. The van der Waals surface area contributed by atoms with Gasteiger partial charge in [-0.15, -0.1) is 10.2 Å². The average Bonchev–Trinajstić information content (AvgIpc) is 4.10. The van der Waals surface area contributed by atoms with E-state index in [1.54, 1.807) is 0 Å². The van der Waals surface area contributed by atoms with E-state index in [1.165, 1.54) is 0 Å². The van der Waals surface area contributed by atoms with Gasteiger partial charge in [-0.2, -0.15) is 0 Å². The molecule has 0 saturated heterocycles. The first-order valence-corrected chi connectivity index (χ1v) is 19.3. The lowest BCUT2D eigenvalue weighted by Crippen LogP contribution is -2.11. The summed E-state index contributed by atoms with van der Waals surface area (Å²) in [6.07, 6.45) is 0. The van der Waals surface area contributed by atoms with Crippen LogP contribution in [0.15, 0.2) is 192 Å². The fraction of sp³-hybridized carbons (Fsp3) is 0. The molecule has 13 aromatic rings. The van der Waals surface area contributed by atoms with Crippen molar-refractivity contribution < 1.29 is 22.1 Å². The van der Waals surface area contributed by atoms with Gasteiger partial charge in [0.25, 0.3) is 0 Å². The molecule has 0 fully saturated rings. The van der Waals surface area contributed by atoms with E-state index in [-0.39, 0.29) is 0 Å². The normalized spacial score (nSPS) is 12.1. The number of hydrogen-bond donors (Lipinski definition) is 0. The minimum Gasteiger partial charge on any atom is -0.456 e. The molecule has 0 saturated carbocycles. The molecule has 13 rings (SSSR count). The Kier molecular flexibility index (Phi) is 6.53. The van der Waals surface area contributed by atoms with E-state index in [0.717, 1.165) is 88.3 Å². The fourth-order valence-electron chi connectivity index (χ4n) is 8.43. The van der Waals surface area contributed by atoms with Gasteiger partial charge in [0.05, 0.1) is 17.1 Å². The molecule has 0 aliphatic heterocycles. The number of benzene rings is 7. The molecular weight excluding hydrogens is 737 g/mol. The van der Waals surface area contributed by atoms with Gasteiger partial charge in [0.15, 0.2) is 11.4 Å². The highest BCUT2D eigenvalue weighted by Crippen LogP contribution is 2.44. The van der Waals surface area contributed by atoms with Crippen LogP contribution in [0.1, 0.15) is 0 Å². The first kappa shape index (κ1) is 31.9. The van der Waals surface area contributed by atoms with Crippen molar-refractivity contribution in [3.8, 4) is 0 Å². The number of furan rings is 5. The predicted molar refractivity (Wildman–Crippen MR) is 233 cm³/mol. The topological polar surface area (TPSA) is 98.0 Å². The summed E-state index contributed by atoms with van der Waals surface area (Å²) in [5.41, 5.74) is 9.13. The van der Waals surface area contributed by atoms with Crippen molar-refractivity contribution in [3.05, 3.63) is 170 Å². The van der Waals surface area contributed by atoms with Gasteiger partial charge in [-0.25, -0.2) is 0 Å². The summed E-state index contributed by atoms with van der Waals surface area (Å²) < 4.78 is 32.2. The van der Waals surface area contributed by atoms with Crippen LogP contribution in [0.25, 0.3) is 87.9 Å². The van der Waals surface area contributed by atoms with E-state index in [0.29, 0.717) is 34.3 Å². The van der Waals surface area contributed by atoms with E-state index in [9.17, 15) is 0 Å². The third-order valence-electron chi connectivity index (χ3n) is 11.2. The Morgan fingerprint density at radius 2 is 0.746 bits per heavy atom. The van der Waals surface area contributed by atoms with Gasteiger partial charge in [-0.05, 0) is 60.7 Å². The van der Waals surface area contributed by atoms with Gasteiger partial charge in [0.1, 0.15) is 44.6 Å². The zero-order valence-corrected chi connectivity index (χ0v) is 31.0. The molecule has 7 aromatic carbocycles. The van der Waals surface area contributed by atoms with Crippen LogP contribution in [-0.4, -0.2) is 10.2 Å². The standard InChI is InChI=1S/C50H28N4O5/c1-5-13-39-29(9-1)23-48(58-39)53(31-17-20-36-34-11-3-7-15-41(34)55-43(36)25-31)32-19-22-38-45(26-32)57-46-28-47(51-52-50(38)46)54(49-24-30-10-2-6-14-40(30)59-49)33-18-21-37-35-12-4-8-16-42(35)56-44(37)27-33/h1-28H. The van der Waals surface area contributed by atoms with E-state index in [4.69, 9.17) is 32.3 Å². The molecule has 0 spiro atoms. The van der Waals surface area contributed by atoms with Gasteiger partial charge < -0.3 is 22.1 Å². The summed E-state index contributed by atoms with van der Waals surface area (Å²) in [7, 11) is 0. The highest BCUT2D eigenvalue weighted by Gasteiger charge is 2.24. The molecule has 9 nitrogen and oxygen atoms in total. The maximum Gasteiger partial charge on any atom is 0.207 e. The molecule has 6 heterocycles. The summed E-state index contributed by atoms with van der Waals surface area (Å²) in [4.78, 5) is 4.02. The van der Waals surface area contributed by atoms with Crippen molar-refractivity contribution in [2.45, 2.75) is 0 Å². The van der Waals surface area contributed by atoms with Crippen LogP contribution in [0.3, 0.4) is 0 Å². The quantitative estimate of drug-likeness (QED) is 0.164. The first-order valence-electron chi connectivity index (χ1n) is 19.3. The molecule has 0 unspecified atom stereocenters. The number of para-hydroxylation sites is 4. The zero-order valence-electron chi connectivity index (χ0n) is 31.0. The van der Waals surface area contributed by atoms with Crippen LogP contribution in [0.5, 0.6) is 0 Å². The Morgan fingerprint density at radius 1 is 0.305 bits per heavy atom. The van der Waals surface area contributed by atoms with Crippen molar-refractivity contribution in [2.75, 3.05) is 9.80 Å². The second-order valence-corrected chi connectivity index (χ2v) is 14.7. The molecule has 0 radical (unpaired) electrons. The van der Waals surface area contributed by atoms with Crippen LogP contribution in [0.2, 0.25) is 0 Å². The van der Waals surface area contributed by atoms with Crippen LogP contribution in [0.4, 0.5) is 34.6 Å². The second-order valence-electron chi connectivity index (χ2n) is 14.7. The number of rotatable bonds is 6. The SMILES string of the molecule is c1ccc2oc(N(c3ccc4c(c3)oc3ccccc34)c3ccc4c(c3)oc3cc(N(c5ccc6c(c5)oc5ccccc56)c5cc6ccccc6o5)nnc34)cc2c1. The largest absolute Gasteiger partial charge is 0.456 e. The van der Waals surface area contributed by atoms with Crippen LogP contribution in [0, 0.1) is 0 Å². The lowest BCUT2D eigenvalue weighted by Gasteiger charge is -2.22. The van der Waals surface area contributed by atoms with Gasteiger partial charge in [-0.3, -0.25) is 9.80 Å². The monoisotopic (exact) mass is 764 g/mol. The van der Waals surface area contributed by atoms with Gasteiger partial charge >= 0.3 is 0 Å². The highest BCUT2D eigenvalue weighted by molar-refractivity contribution is 6.08. The Labute approximate surface area is 333 Å². The molecule has 0 atom stereocenters. The predicted octanol–water partition coefficient (Wildman–Crippen LogP) is 14.6. The van der Waals surface area contributed by atoms with E-state index >= 15 is 0 Å². The van der Waals surface area contributed by atoms with Crippen molar-refractivity contribution in [1.82, 2.24) is 10.2 Å². The summed E-state index contributed by atoms with van der Waals surface area (Å²) in [5.74, 6) is 1.76. The minimum absolute atomic E-state index is 0.523. The lowest BCUT2D eigenvalue weighted by molar-refractivity contribution is 0.618. The Hall–Kier alpha value is -8.30.